The van der Waals surface area contributed by atoms with E-state index in [1.165, 1.54) is 13.3 Å². The molecule has 6 N–H and O–H groups in total. The van der Waals surface area contributed by atoms with Crippen molar-refractivity contribution < 1.29 is 28.2 Å². The van der Waals surface area contributed by atoms with Gasteiger partial charge < -0.3 is 31.5 Å². The number of ether oxygens (including phenoxy) is 1. The van der Waals surface area contributed by atoms with Crippen LogP contribution in [-0.2, 0) is 0 Å². The minimum atomic E-state index is -1.18. The first-order valence-electron chi connectivity index (χ1n) is 9.96. The van der Waals surface area contributed by atoms with E-state index >= 15 is 0 Å². The number of hydrogen-bond acceptors (Lipinski definition) is 7. The number of carboxylic acid groups (broad SMARTS) is 1. The van der Waals surface area contributed by atoms with Gasteiger partial charge in [0.1, 0.15) is 5.82 Å². The standard InChI is InChI=1S/C20H24F2N6O4/c1-3-14(26-20(30)31)15(9-4-5-9)27-18-12(21)7-11(16(23)29)17(28-18)25-10-6-13(22)19(32-2)24-8-10/h6-9,14-15,26H,3-5H2,1-2H3,(H2,23,29)(H,30,31)(H2,25,27,28)/t14-,15-/m0/s1. The molecule has 2 aromatic rings. The van der Waals surface area contributed by atoms with Crippen LogP contribution in [0.4, 0.5) is 30.9 Å². The normalized spacial score (nSPS) is 14.9. The Hall–Kier alpha value is -3.70. The molecule has 12 heteroatoms. The van der Waals surface area contributed by atoms with E-state index in [4.69, 9.17) is 15.6 Å². The third-order valence-corrected chi connectivity index (χ3v) is 5.12. The zero-order valence-electron chi connectivity index (χ0n) is 17.5. The number of nitrogens with one attached hydrogen (secondary N) is 3. The molecular formula is C20H24F2N6O4. The van der Waals surface area contributed by atoms with E-state index in [1.807, 2.05) is 6.92 Å². The predicted molar refractivity (Wildman–Crippen MR) is 112 cm³/mol. The van der Waals surface area contributed by atoms with Crippen molar-refractivity contribution in [2.75, 3.05) is 17.7 Å². The minimum absolute atomic E-state index is 0.110. The van der Waals surface area contributed by atoms with Gasteiger partial charge in [0, 0.05) is 6.07 Å². The number of halogens is 2. The molecule has 10 nitrogen and oxygen atoms in total. The molecule has 0 unspecified atom stereocenters. The lowest BCUT2D eigenvalue weighted by atomic mass is 10.0. The van der Waals surface area contributed by atoms with Crippen LogP contribution in [0.5, 0.6) is 5.88 Å². The fourth-order valence-electron chi connectivity index (χ4n) is 3.42. The summed E-state index contributed by atoms with van der Waals surface area (Å²) in [5, 5.41) is 17.3. The van der Waals surface area contributed by atoms with Gasteiger partial charge in [0.15, 0.2) is 17.5 Å². The fraction of sp³-hybridized carbons (Fsp3) is 0.400. The third kappa shape index (κ3) is 5.31. The summed E-state index contributed by atoms with van der Waals surface area (Å²) in [5.74, 6) is -2.91. The SMILES string of the molecule is CC[C@H](NC(=O)O)[C@@H](Nc1nc(Nc2cnc(OC)c(F)c2)c(C(N)=O)cc1F)C1CC1. The van der Waals surface area contributed by atoms with Crippen LogP contribution in [0, 0.1) is 17.6 Å². The number of aromatic nitrogens is 2. The van der Waals surface area contributed by atoms with E-state index in [-0.39, 0.29) is 34.7 Å². The summed E-state index contributed by atoms with van der Waals surface area (Å²) in [4.78, 5) is 30.9. The van der Waals surface area contributed by atoms with Crippen LogP contribution in [-0.4, -0.2) is 46.3 Å². The van der Waals surface area contributed by atoms with Crippen LogP contribution < -0.4 is 26.4 Å². The molecule has 2 amide bonds. The second-order valence-corrected chi connectivity index (χ2v) is 7.39. The average Bonchev–Trinajstić information content (AvgIpc) is 3.57. The van der Waals surface area contributed by atoms with Crippen molar-refractivity contribution in [1.29, 1.82) is 0 Å². The number of nitrogens with zero attached hydrogens (tertiary/aromatic N) is 2. The Morgan fingerprint density at radius 1 is 1.28 bits per heavy atom. The second kappa shape index (κ2) is 9.62. The molecule has 3 rings (SSSR count). The van der Waals surface area contributed by atoms with E-state index in [0.717, 1.165) is 25.0 Å². The lowest BCUT2D eigenvalue weighted by molar-refractivity contribution is 0.1000. The summed E-state index contributed by atoms with van der Waals surface area (Å²) in [5.41, 5.74) is 5.24. The molecule has 0 aromatic carbocycles. The van der Waals surface area contributed by atoms with Crippen molar-refractivity contribution in [3.8, 4) is 5.88 Å². The lowest BCUT2D eigenvalue weighted by Gasteiger charge is -2.28. The number of anilines is 3. The Labute approximate surface area is 182 Å². The molecule has 172 valence electrons. The first-order chi connectivity index (χ1) is 15.2. The summed E-state index contributed by atoms with van der Waals surface area (Å²) in [6, 6.07) is 1.10. The quantitative estimate of drug-likeness (QED) is 0.371. The molecule has 2 heterocycles. The fourth-order valence-corrected chi connectivity index (χ4v) is 3.42. The van der Waals surface area contributed by atoms with Crippen molar-refractivity contribution in [2.24, 2.45) is 11.7 Å². The van der Waals surface area contributed by atoms with E-state index in [0.29, 0.717) is 6.42 Å². The average molecular weight is 450 g/mol. The maximum absolute atomic E-state index is 14.8. The van der Waals surface area contributed by atoms with Gasteiger partial charge in [0.2, 0.25) is 5.88 Å². The van der Waals surface area contributed by atoms with Crippen molar-refractivity contribution in [1.82, 2.24) is 15.3 Å². The number of primary amides is 1. The van der Waals surface area contributed by atoms with Gasteiger partial charge in [-0.25, -0.2) is 23.5 Å². The Morgan fingerprint density at radius 3 is 2.53 bits per heavy atom. The van der Waals surface area contributed by atoms with Gasteiger partial charge in [-0.15, -0.1) is 0 Å². The van der Waals surface area contributed by atoms with Gasteiger partial charge in [0.25, 0.3) is 5.91 Å². The Bertz CT molecular complexity index is 1020. The summed E-state index contributed by atoms with van der Waals surface area (Å²) >= 11 is 0. The summed E-state index contributed by atoms with van der Waals surface area (Å²) in [6.45, 7) is 1.82. The number of amides is 2. The molecule has 0 aliphatic heterocycles. The number of methoxy groups -OCH3 is 1. The maximum Gasteiger partial charge on any atom is 0.404 e. The molecule has 0 bridgehead atoms. The van der Waals surface area contributed by atoms with Gasteiger partial charge in [-0.1, -0.05) is 6.92 Å². The van der Waals surface area contributed by atoms with Crippen LogP contribution in [0.2, 0.25) is 0 Å². The zero-order chi connectivity index (χ0) is 23.4. The van der Waals surface area contributed by atoms with Crippen molar-refractivity contribution in [3.63, 3.8) is 0 Å². The summed E-state index contributed by atoms with van der Waals surface area (Å²) < 4.78 is 33.5. The number of carbonyl (C=O) groups excluding carboxylic acids is 1. The highest BCUT2D eigenvalue weighted by Gasteiger charge is 2.37. The highest BCUT2D eigenvalue weighted by Crippen LogP contribution is 2.37. The third-order valence-electron chi connectivity index (χ3n) is 5.12. The monoisotopic (exact) mass is 450 g/mol. The van der Waals surface area contributed by atoms with E-state index < -0.39 is 35.7 Å². The Balaban J connectivity index is 1.93. The van der Waals surface area contributed by atoms with Gasteiger partial charge in [-0.3, -0.25) is 4.79 Å². The second-order valence-electron chi connectivity index (χ2n) is 7.39. The van der Waals surface area contributed by atoms with Gasteiger partial charge in [-0.05, 0) is 31.2 Å². The van der Waals surface area contributed by atoms with Crippen LogP contribution in [0.15, 0.2) is 18.3 Å². The number of carbonyl (C=O) groups is 2. The Morgan fingerprint density at radius 2 is 2.00 bits per heavy atom. The number of hydrogen-bond donors (Lipinski definition) is 5. The Kier molecular flexibility index (Phi) is 6.91. The summed E-state index contributed by atoms with van der Waals surface area (Å²) in [7, 11) is 1.27. The molecule has 32 heavy (non-hydrogen) atoms. The largest absolute Gasteiger partial charge is 0.479 e. The van der Waals surface area contributed by atoms with E-state index in [1.54, 1.807) is 0 Å². The first-order valence-corrected chi connectivity index (χ1v) is 9.96. The molecule has 1 fully saturated rings. The molecule has 0 spiro atoms. The number of rotatable bonds is 10. The smallest absolute Gasteiger partial charge is 0.404 e. The van der Waals surface area contributed by atoms with E-state index in [9.17, 15) is 18.4 Å². The van der Waals surface area contributed by atoms with Gasteiger partial charge >= 0.3 is 6.09 Å². The van der Waals surface area contributed by atoms with Crippen LogP contribution in [0.1, 0.15) is 36.5 Å². The zero-order valence-corrected chi connectivity index (χ0v) is 17.5. The highest BCUT2D eigenvalue weighted by molar-refractivity contribution is 5.98. The van der Waals surface area contributed by atoms with Gasteiger partial charge in [0.05, 0.1) is 36.6 Å². The van der Waals surface area contributed by atoms with Crippen molar-refractivity contribution >= 4 is 29.3 Å². The van der Waals surface area contributed by atoms with Crippen LogP contribution in [0.25, 0.3) is 0 Å². The van der Waals surface area contributed by atoms with Gasteiger partial charge in [-0.2, -0.15) is 0 Å². The van der Waals surface area contributed by atoms with Crippen molar-refractivity contribution in [3.05, 3.63) is 35.5 Å². The minimum Gasteiger partial charge on any atom is -0.479 e. The predicted octanol–water partition coefficient (Wildman–Crippen LogP) is 2.84. The maximum atomic E-state index is 14.8. The summed E-state index contributed by atoms with van der Waals surface area (Å²) in [6.07, 6.45) is 2.26. The topological polar surface area (TPSA) is 151 Å². The molecular weight excluding hydrogens is 426 g/mol. The van der Waals surface area contributed by atoms with Crippen LogP contribution >= 0.6 is 0 Å². The van der Waals surface area contributed by atoms with Crippen LogP contribution in [0.3, 0.4) is 0 Å². The molecule has 1 aliphatic carbocycles. The molecule has 1 aliphatic rings. The van der Waals surface area contributed by atoms with E-state index in [2.05, 4.69) is 25.9 Å². The lowest BCUT2D eigenvalue weighted by Crippen LogP contribution is -2.47. The number of pyridine rings is 2. The molecule has 1 saturated carbocycles. The molecule has 0 saturated heterocycles. The molecule has 2 atom stereocenters. The first kappa shape index (κ1) is 23.0. The van der Waals surface area contributed by atoms with Crippen molar-refractivity contribution in [2.45, 2.75) is 38.3 Å². The molecule has 2 aromatic heterocycles. The number of nitrogens with two attached hydrogens (primary N) is 1. The highest BCUT2D eigenvalue weighted by atomic mass is 19.1. The molecule has 0 radical (unpaired) electrons.